The molecule has 0 N–H and O–H groups in total. The minimum Gasteiger partial charge on any atom is -0.231 e. The number of hydrogen-bond acceptors (Lipinski definition) is 3. The zero-order valence-electron chi connectivity index (χ0n) is 7.61. The summed E-state index contributed by atoms with van der Waals surface area (Å²) >= 11 is 5.50. The van der Waals surface area contributed by atoms with E-state index >= 15 is 0 Å². The van der Waals surface area contributed by atoms with Gasteiger partial charge in [-0.1, -0.05) is 16.8 Å². The average molecular weight is 249 g/mol. The van der Waals surface area contributed by atoms with Crippen molar-refractivity contribution in [1.29, 1.82) is 0 Å². The van der Waals surface area contributed by atoms with Crippen molar-refractivity contribution < 1.29 is 13.2 Å². The van der Waals surface area contributed by atoms with Gasteiger partial charge in [0, 0.05) is 6.07 Å². The SMILES string of the molecule is FC(F)(F)c1cc(-n2ccnn2)cc(Cl)n1. The van der Waals surface area contributed by atoms with Crippen molar-refractivity contribution in [3.05, 3.63) is 35.4 Å². The number of pyridine rings is 1. The molecule has 2 heterocycles. The lowest BCUT2D eigenvalue weighted by atomic mass is 10.3. The van der Waals surface area contributed by atoms with Gasteiger partial charge in [-0.3, -0.25) is 0 Å². The Labute approximate surface area is 92.7 Å². The molecular formula is C8H4ClF3N4. The third kappa shape index (κ3) is 2.13. The first-order valence-electron chi connectivity index (χ1n) is 4.08. The topological polar surface area (TPSA) is 43.6 Å². The fraction of sp³-hybridized carbons (Fsp3) is 0.125. The third-order valence-corrected chi connectivity index (χ3v) is 1.95. The highest BCUT2D eigenvalue weighted by Crippen LogP contribution is 2.30. The molecule has 0 spiro atoms. The Morgan fingerprint density at radius 3 is 2.56 bits per heavy atom. The number of nitrogens with zero attached hydrogens (tertiary/aromatic N) is 4. The van der Waals surface area contributed by atoms with Gasteiger partial charge in [0.2, 0.25) is 0 Å². The second kappa shape index (κ2) is 3.75. The minimum absolute atomic E-state index is 0.157. The molecule has 0 saturated heterocycles. The van der Waals surface area contributed by atoms with Gasteiger partial charge in [-0.2, -0.15) is 13.2 Å². The molecule has 0 aliphatic carbocycles. The van der Waals surface area contributed by atoms with Crippen LogP contribution in [0, 0.1) is 0 Å². The standard InChI is InChI=1S/C8H4ClF3N4/c9-7-4-5(16-2-1-13-15-16)3-6(14-7)8(10,11)12/h1-4H. The molecule has 0 unspecified atom stereocenters. The number of aromatic nitrogens is 4. The van der Waals surface area contributed by atoms with Gasteiger partial charge in [-0.15, -0.1) is 5.10 Å². The molecule has 2 aromatic rings. The molecule has 0 saturated carbocycles. The van der Waals surface area contributed by atoms with E-state index in [9.17, 15) is 13.2 Å². The minimum atomic E-state index is -4.54. The van der Waals surface area contributed by atoms with Crippen LogP contribution in [-0.4, -0.2) is 20.0 Å². The molecule has 0 fully saturated rings. The van der Waals surface area contributed by atoms with Crippen LogP contribution in [0.15, 0.2) is 24.5 Å². The molecule has 0 aliphatic heterocycles. The van der Waals surface area contributed by atoms with Crippen molar-refractivity contribution in [2.75, 3.05) is 0 Å². The van der Waals surface area contributed by atoms with Gasteiger partial charge in [-0.25, -0.2) is 9.67 Å². The van der Waals surface area contributed by atoms with Crippen LogP contribution >= 0.6 is 11.6 Å². The molecule has 0 aliphatic rings. The molecule has 84 valence electrons. The van der Waals surface area contributed by atoms with Crippen LogP contribution in [-0.2, 0) is 6.18 Å². The zero-order valence-corrected chi connectivity index (χ0v) is 8.37. The summed E-state index contributed by atoms with van der Waals surface area (Å²) in [6.45, 7) is 0. The van der Waals surface area contributed by atoms with Crippen molar-refractivity contribution in [3.8, 4) is 5.69 Å². The van der Waals surface area contributed by atoms with Gasteiger partial charge in [0.05, 0.1) is 18.1 Å². The molecule has 0 aromatic carbocycles. The van der Waals surface area contributed by atoms with Crippen molar-refractivity contribution in [2.45, 2.75) is 6.18 Å². The molecular weight excluding hydrogens is 245 g/mol. The Morgan fingerprint density at radius 1 is 1.25 bits per heavy atom. The number of alkyl halides is 3. The predicted molar refractivity (Wildman–Crippen MR) is 49.2 cm³/mol. The maximum Gasteiger partial charge on any atom is 0.433 e. The van der Waals surface area contributed by atoms with E-state index in [-0.39, 0.29) is 10.8 Å². The molecule has 2 aromatic heterocycles. The second-order valence-electron chi connectivity index (χ2n) is 2.88. The van der Waals surface area contributed by atoms with Crippen molar-refractivity contribution >= 4 is 11.6 Å². The highest BCUT2D eigenvalue weighted by Gasteiger charge is 2.33. The first-order valence-corrected chi connectivity index (χ1v) is 4.46. The van der Waals surface area contributed by atoms with E-state index in [1.165, 1.54) is 23.1 Å². The lowest BCUT2D eigenvalue weighted by Gasteiger charge is -2.08. The summed E-state index contributed by atoms with van der Waals surface area (Å²) in [7, 11) is 0. The predicted octanol–water partition coefficient (Wildman–Crippen LogP) is 2.33. The van der Waals surface area contributed by atoms with Crippen LogP contribution in [0.2, 0.25) is 5.15 Å². The summed E-state index contributed by atoms with van der Waals surface area (Å²) in [5.41, 5.74) is -0.907. The Hall–Kier alpha value is -1.63. The summed E-state index contributed by atoms with van der Waals surface area (Å²) < 4.78 is 38.4. The summed E-state index contributed by atoms with van der Waals surface area (Å²) in [6, 6.07) is 2.12. The van der Waals surface area contributed by atoms with E-state index in [4.69, 9.17) is 11.6 Å². The van der Waals surface area contributed by atoms with E-state index in [2.05, 4.69) is 15.3 Å². The van der Waals surface area contributed by atoms with Gasteiger partial charge in [0.15, 0.2) is 0 Å². The van der Waals surface area contributed by atoms with E-state index in [0.29, 0.717) is 0 Å². The van der Waals surface area contributed by atoms with Crippen LogP contribution in [0.3, 0.4) is 0 Å². The number of hydrogen-bond donors (Lipinski definition) is 0. The molecule has 16 heavy (non-hydrogen) atoms. The lowest BCUT2D eigenvalue weighted by Crippen LogP contribution is -2.09. The van der Waals surface area contributed by atoms with Crippen LogP contribution in [0.4, 0.5) is 13.2 Å². The van der Waals surface area contributed by atoms with Gasteiger partial charge >= 0.3 is 6.18 Å². The Kier molecular flexibility index (Phi) is 2.55. The summed E-state index contributed by atoms with van der Waals surface area (Å²) in [4.78, 5) is 3.19. The van der Waals surface area contributed by atoms with Gasteiger partial charge in [-0.05, 0) is 6.07 Å². The molecule has 8 heteroatoms. The number of halogens is 4. The molecule has 4 nitrogen and oxygen atoms in total. The smallest absolute Gasteiger partial charge is 0.231 e. The zero-order chi connectivity index (χ0) is 11.8. The maximum absolute atomic E-state index is 12.4. The fourth-order valence-electron chi connectivity index (χ4n) is 1.11. The summed E-state index contributed by atoms with van der Waals surface area (Å²) in [6.07, 6.45) is -1.78. The van der Waals surface area contributed by atoms with Crippen molar-refractivity contribution in [1.82, 2.24) is 20.0 Å². The third-order valence-electron chi connectivity index (χ3n) is 1.76. The molecule has 0 amide bonds. The highest BCUT2D eigenvalue weighted by molar-refractivity contribution is 6.29. The molecule has 0 bridgehead atoms. The van der Waals surface area contributed by atoms with E-state index in [1.807, 2.05) is 0 Å². The Bertz CT molecular complexity index is 494. The van der Waals surface area contributed by atoms with Gasteiger partial charge in [0.25, 0.3) is 0 Å². The lowest BCUT2D eigenvalue weighted by molar-refractivity contribution is -0.141. The maximum atomic E-state index is 12.4. The first-order chi connectivity index (χ1) is 7.47. The molecule has 0 radical (unpaired) electrons. The Morgan fingerprint density at radius 2 is 2.00 bits per heavy atom. The fourth-order valence-corrected chi connectivity index (χ4v) is 1.31. The summed E-state index contributed by atoms with van der Waals surface area (Å²) in [5.74, 6) is 0. The molecule has 2 rings (SSSR count). The normalized spacial score (nSPS) is 11.8. The van der Waals surface area contributed by atoms with Crippen LogP contribution < -0.4 is 0 Å². The average Bonchev–Trinajstić information content (AvgIpc) is 2.68. The first kappa shape index (κ1) is 10.9. The van der Waals surface area contributed by atoms with Gasteiger partial charge < -0.3 is 0 Å². The Balaban J connectivity index is 2.53. The van der Waals surface area contributed by atoms with Gasteiger partial charge in [0.1, 0.15) is 10.8 Å². The molecule has 0 atom stereocenters. The van der Waals surface area contributed by atoms with Crippen LogP contribution in [0.25, 0.3) is 5.69 Å². The van der Waals surface area contributed by atoms with Crippen molar-refractivity contribution in [3.63, 3.8) is 0 Å². The van der Waals surface area contributed by atoms with Crippen LogP contribution in [0.5, 0.6) is 0 Å². The van der Waals surface area contributed by atoms with E-state index in [1.54, 1.807) is 0 Å². The quantitative estimate of drug-likeness (QED) is 0.728. The largest absolute Gasteiger partial charge is 0.433 e. The highest BCUT2D eigenvalue weighted by atomic mass is 35.5. The monoisotopic (exact) mass is 248 g/mol. The number of rotatable bonds is 1. The summed E-state index contributed by atoms with van der Waals surface area (Å²) in [5, 5.41) is 6.80. The van der Waals surface area contributed by atoms with E-state index in [0.717, 1.165) is 6.07 Å². The van der Waals surface area contributed by atoms with E-state index < -0.39 is 11.9 Å². The second-order valence-corrected chi connectivity index (χ2v) is 3.27. The van der Waals surface area contributed by atoms with Crippen LogP contribution in [0.1, 0.15) is 5.69 Å². The van der Waals surface area contributed by atoms with Crippen molar-refractivity contribution in [2.24, 2.45) is 0 Å².